The molecule has 0 spiro atoms. The quantitative estimate of drug-likeness (QED) is 0.467. The van der Waals surface area contributed by atoms with Crippen LogP contribution < -0.4 is 4.74 Å². The average molecular weight is 313 g/mol. The Morgan fingerprint density at radius 1 is 1.00 bits per heavy atom. The number of nitrogens with zero attached hydrogens (tertiary/aromatic N) is 1. The highest BCUT2D eigenvalue weighted by atomic mass is 16.6. The normalized spacial score (nSPS) is 11.0. The van der Waals surface area contributed by atoms with Crippen molar-refractivity contribution in [1.82, 2.24) is 0 Å². The third kappa shape index (κ3) is 4.57. The number of ether oxygens (including phenoxy) is 2. The summed E-state index contributed by atoms with van der Waals surface area (Å²) in [7, 11) is 2.68. The van der Waals surface area contributed by atoms with E-state index in [-0.39, 0.29) is 5.71 Å². The second-order valence-corrected chi connectivity index (χ2v) is 4.91. The van der Waals surface area contributed by atoms with Crippen molar-refractivity contribution in [2.24, 2.45) is 5.16 Å². The van der Waals surface area contributed by atoms with E-state index in [0.29, 0.717) is 12.2 Å². The zero-order chi connectivity index (χ0) is 16.7. The Morgan fingerprint density at radius 2 is 1.65 bits per heavy atom. The van der Waals surface area contributed by atoms with Gasteiger partial charge in [0, 0.05) is 5.56 Å². The van der Waals surface area contributed by atoms with Crippen LogP contribution in [0.1, 0.15) is 16.7 Å². The molecule has 0 saturated heterocycles. The van der Waals surface area contributed by atoms with E-state index >= 15 is 0 Å². The SMILES string of the molecule is CO/N=C(/C(=O)OC)c1ccc(COc2ccc(C)cc2)cc1. The molecular formula is C18H19NO4. The van der Waals surface area contributed by atoms with Crippen molar-refractivity contribution in [2.45, 2.75) is 13.5 Å². The topological polar surface area (TPSA) is 57.1 Å². The highest BCUT2D eigenvalue weighted by molar-refractivity contribution is 6.43. The smallest absolute Gasteiger partial charge is 0.360 e. The maximum atomic E-state index is 11.7. The zero-order valence-corrected chi connectivity index (χ0v) is 13.4. The van der Waals surface area contributed by atoms with Gasteiger partial charge in [-0.15, -0.1) is 0 Å². The molecule has 0 bridgehead atoms. The lowest BCUT2D eigenvalue weighted by Gasteiger charge is -2.08. The number of methoxy groups -OCH3 is 1. The van der Waals surface area contributed by atoms with Gasteiger partial charge in [-0.25, -0.2) is 4.79 Å². The summed E-state index contributed by atoms with van der Waals surface area (Å²) in [6.07, 6.45) is 0. The van der Waals surface area contributed by atoms with Crippen molar-refractivity contribution in [3.63, 3.8) is 0 Å². The molecule has 0 aliphatic heterocycles. The van der Waals surface area contributed by atoms with Gasteiger partial charge in [-0.05, 0) is 24.6 Å². The Kier molecular flexibility index (Phi) is 5.74. The third-order valence-corrected chi connectivity index (χ3v) is 3.22. The summed E-state index contributed by atoms with van der Waals surface area (Å²) in [6.45, 7) is 2.47. The van der Waals surface area contributed by atoms with Crippen molar-refractivity contribution in [2.75, 3.05) is 14.2 Å². The van der Waals surface area contributed by atoms with Crippen LogP contribution in [0.4, 0.5) is 0 Å². The first-order chi connectivity index (χ1) is 11.1. The van der Waals surface area contributed by atoms with E-state index in [2.05, 4.69) is 9.99 Å². The largest absolute Gasteiger partial charge is 0.489 e. The van der Waals surface area contributed by atoms with Gasteiger partial charge in [0.1, 0.15) is 19.5 Å². The van der Waals surface area contributed by atoms with E-state index < -0.39 is 5.97 Å². The van der Waals surface area contributed by atoms with Crippen LogP contribution in [-0.4, -0.2) is 25.9 Å². The van der Waals surface area contributed by atoms with Gasteiger partial charge in [-0.1, -0.05) is 47.1 Å². The standard InChI is InChI=1S/C18H19NO4/c1-13-4-10-16(11-5-13)23-12-14-6-8-15(9-7-14)17(19-22-3)18(20)21-2/h4-11H,12H2,1-3H3/b19-17+. The summed E-state index contributed by atoms with van der Waals surface area (Å²) in [5.74, 6) is 0.270. The molecule has 0 radical (unpaired) electrons. The number of oxime groups is 1. The lowest BCUT2D eigenvalue weighted by molar-refractivity contribution is -0.132. The average Bonchev–Trinajstić information content (AvgIpc) is 2.59. The summed E-state index contributed by atoms with van der Waals surface area (Å²) in [4.78, 5) is 16.4. The first-order valence-corrected chi connectivity index (χ1v) is 7.12. The fraction of sp³-hybridized carbons (Fsp3) is 0.222. The first kappa shape index (κ1) is 16.5. The molecule has 2 aromatic rings. The molecule has 0 amide bonds. The minimum Gasteiger partial charge on any atom is -0.489 e. The Bertz CT molecular complexity index is 675. The van der Waals surface area contributed by atoms with E-state index in [1.807, 2.05) is 43.3 Å². The number of hydrogen-bond acceptors (Lipinski definition) is 5. The second kappa shape index (κ2) is 7.98. The Hall–Kier alpha value is -2.82. The van der Waals surface area contributed by atoms with Crippen LogP contribution in [0.2, 0.25) is 0 Å². The van der Waals surface area contributed by atoms with E-state index in [1.165, 1.54) is 19.8 Å². The molecule has 5 nitrogen and oxygen atoms in total. The van der Waals surface area contributed by atoms with Crippen LogP contribution in [0.25, 0.3) is 0 Å². The van der Waals surface area contributed by atoms with Gasteiger partial charge in [0.15, 0.2) is 5.71 Å². The number of esters is 1. The van der Waals surface area contributed by atoms with Crippen molar-refractivity contribution in [3.05, 3.63) is 65.2 Å². The van der Waals surface area contributed by atoms with Gasteiger partial charge in [0.25, 0.3) is 0 Å². The van der Waals surface area contributed by atoms with Gasteiger partial charge in [-0.3, -0.25) is 0 Å². The van der Waals surface area contributed by atoms with Gasteiger partial charge >= 0.3 is 5.97 Å². The van der Waals surface area contributed by atoms with Crippen LogP contribution in [0.15, 0.2) is 53.7 Å². The molecule has 0 aliphatic carbocycles. The number of hydrogen-bond donors (Lipinski definition) is 0. The number of carbonyl (C=O) groups is 1. The molecule has 0 aromatic heterocycles. The van der Waals surface area contributed by atoms with Gasteiger partial charge in [0.2, 0.25) is 0 Å². The van der Waals surface area contributed by atoms with Crippen molar-refractivity contribution < 1.29 is 19.1 Å². The van der Waals surface area contributed by atoms with Crippen molar-refractivity contribution in [1.29, 1.82) is 0 Å². The molecule has 5 heteroatoms. The summed E-state index contributed by atoms with van der Waals surface area (Å²) >= 11 is 0. The predicted octanol–water partition coefficient (Wildman–Crippen LogP) is 3.10. The van der Waals surface area contributed by atoms with Crippen molar-refractivity contribution >= 4 is 11.7 Å². The molecule has 0 atom stereocenters. The summed E-state index contributed by atoms with van der Waals surface area (Å²) < 4.78 is 10.4. The van der Waals surface area contributed by atoms with E-state index in [0.717, 1.165) is 11.3 Å². The molecule has 23 heavy (non-hydrogen) atoms. The van der Waals surface area contributed by atoms with Crippen LogP contribution in [0, 0.1) is 6.92 Å². The van der Waals surface area contributed by atoms with Crippen LogP contribution in [0.3, 0.4) is 0 Å². The van der Waals surface area contributed by atoms with E-state index in [1.54, 1.807) is 12.1 Å². The van der Waals surface area contributed by atoms with Crippen molar-refractivity contribution in [3.8, 4) is 5.75 Å². The van der Waals surface area contributed by atoms with Gasteiger partial charge in [0.05, 0.1) is 7.11 Å². The molecule has 0 heterocycles. The van der Waals surface area contributed by atoms with Crippen LogP contribution in [-0.2, 0) is 21.0 Å². The predicted molar refractivity (Wildman–Crippen MR) is 87.5 cm³/mol. The minimum absolute atomic E-state index is 0.126. The van der Waals surface area contributed by atoms with E-state index in [4.69, 9.17) is 9.47 Å². The van der Waals surface area contributed by atoms with E-state index in [9.17, 15) is 4.79 Å². The zero-order valence-electron chi connectivity index (χ0n) is 13.4. The molecule has 0 N–H and O–H groups in total. The second-order valence-electron chi connectivity index (χ2n) is 4.91. The highest BCUT2D eigenvalue weighted by Gasteiger charge is 2.15. The number of benzene rings is 2. The Morgan fingerprint density at radius 3 is 2.22 bits per heavy atom. The number of rotatable bonds is 6. The lowest BCUT2D eigenvalue weighted by Crippen LogP contribution is -2.17. The highest BCUT2D eigenvalue weighted by Crippen LogP contribution is 2.14. The van der Waals surface area contributed by atoms with Crippen LogP contribution in [0.5, 0.6) is 5.75 Å². The lowest BCUT2D eigenvalue weighted by atomic mass is 10.1. The summed E-state index contributed by atoms with van der Waals surface area (Å²) in [6, 6.07) is 15.2. The maximum Gasteiger partial charge on any atom is 0.360 e. The summed E-state index contributed by atoms with van der Waals surface area (Å²) in [5.41, 5.74) is 2.92. The molecule has 0 aliphatic rings. The molecule has 2 rings (SSSR count). The van der Waals surface area contributed by atoms with Crippen LogP contribution >= 0.6 is 0 Å². The molecule has 2 aromatic carbocycles. The minimum atomic E-state index is -0.546. The molecular weight excluding hydrogens is 294 g/mol. The Labute approximate surface area is 135 Å². The molecule has 120 valence electrons. The van der Waals surface area contributed by atoms with Gasteiger partial charge < -0.3 is 14.3 Å². The number of aryl methyl sites for hydroxylation is 1. The Balaban J connectivity index is 2.05. The fourth-order valence-electron chi connectivity index (χ4n) is 1.96. The maximum absolute atomic E-state index is 11.7. The van der Waals surface area contributed by atoms with Gasteiger partial charge in [-0.2, -0.15) is 0 Å². The number of carbonyl (C=O) groups excluding carboxylic acids is 1. The summed E-state index contributed by atoms with van der Waals surface area (Å²) in [5, 5.41) is 3.71. The molecule has 0 saturated carbocycles. The third-order valence-electron chi connectivity index (χ3n) is 3.22. The fourth-order valence-corrected chi connectivity index (χ4v) is 1.96. The molecule has 0 fully saturated rings. The molecule has 0 unspecified atom stereocenters. The monoisotopic (exact) mass is 313 g/mol. The first-order valence-electron chi connectivity index (χ1n) is 7.12.